The molecule has 1 rings (SSSR count). The number of rotatable bonds is 7. The van der Waals surface area contributed by atoms with Crippen LogP contribution in [-0.2, 0) is 4.74 Å². The highest BCUT2D eigenvalue weighted by atomic mass is 16.5. The molecule has 0 amide bonds. The number of nitrogens with zero attached hydrogens (tertiary/aromatic N) is 1. The monoisotopic (exact) mass is 284 g/mol. The van der Waals surface area contributed by atoms with Gasteiger partial charge in [-0.3, -0.25) is 0 Å². The van der Waals surface area contributed by atoms with Crippen LogP contribution in [-0.4, -0.2) is 49.8 Å². The molecule has 1 saturated heterocycles. The normalized spacial score (nSPS) is 24.6. The minimum Gasteiger partial charge on any atom is -0.381 e. The van der Waals surface area contributed by atoms with Gasteiger partial charge in [-0.2, -0.15) is 0 Å². The third kappa shape index (κ3) is 5.71. The lowest BCUT2D eigenvalue weighted by molar-refractivity contribution is -0.0313. The summed E-state index contributed by atoms with van der Waals surface area (Å²) < 4.78 is 5.83. The number of hydrogen-bond donors (Lipinski definition) is 1. The first kappa shape index (κ1) is 17.9. The van der Waals surface area contributed by atoms with Gasteiger partial charge in [0.05, 0.1) is 6.61 Å². The molecule has 20 heavy (non-hydrogen) atoms. The largest absolute Gasteiger partial charge is 0.381 e. The van der Waals surface area contributed by atoms with Crippen molar-refractivity contribution in [2.45, 2.75) is 71.9 Å². The summed E-state index contributed by atoms with van der Waals surface area (Å²) in [6.45, 7) is 15.4. The van der Waals surface area contributed by atoms with Gasteiger partial charge in [0, 0.05) is 36.7 Å². The molecule has 0 aromatic heterocycles. The molecule has 1 aliphatic rings. The topological polar surface area (TPSA) is 24.5 Å². The van der Waals surface area contributed by atoms with Gasteiger partial charge in [0.15, 0.2) is 0 Å². The van der Waals surface area contributed by atoms with Gasteiger partial charge in [-0.15, -0.1) is 0 Å². The maximum absolute atomic E-state index is 5.83. The second-order valence-electron chi connectivity index (χ2n) is 7.65. The maximum atomic E-state index is 5.83. The van der Waals surface area contributed by atoms with Crippen LogP contribution >= 0.6 is 0 Å². The van der Waals surface area contributed by atoms with E-state index in [9.17, 15) is 0 Å². The number of nitrogens with one attached hydrogen (secondary N) is 1. The van der Waals surface area contributed by atoms with Crippen LogP contribution < -0.4 is 5.32 Å². The summed E-state index contributed by atoms with van der Waals surface area (Å²) in [4.78, 5) is 2.55. The van der Waals surface area contributed by atoms with Crippen molar-refractivity contribution in [3.05, 3.63) is 0 Å². The van der Waals surface area contributed by atoms with E-state index in [4.69, 9.17) is 4.74 Å². The van der Waals surface area contributed by atoms with E-state index in [1.165, 1.54) is 25.7 Å². The van der Waals surface area contributed by atoms with Gasteiger partial charge in [0.2, 0.25) is 0 Å². The molecule has 120 valence electrons. The summed E-state index contributed by atoms with van der Waals surface area (Å²) in [7, 11) is 2.28. The molecular weight excluding hydrogens is 248 g/mol. The Labute approximate surface area is 126 Å². The average Bonchev–Trinajstić information content (AvgIpc) is 2.38. The summed E-state index contributed by atoms with van der Waals surface area (Å²) in [6.07, 6.45) is 4.94. The van der Waals surface area contributed by atoms with Crippen molar-refractivity contribution < 1.29 is 4.74 Å². The van der Waals surface area contributed by atoms with Crippen LogP contribution in [0.1, 0.15) is 60.3 Å². The summed E-state index contributed by atoms with van der Waals surface area (Å²) >= 11 is 0. The van der Waals surface area contributed by atoms with Crippen LogP contribution in [0.3, 0.4) is 0 Å². The average molecular weight is 284 g/mol. The molecule has 1 unspecified atom stereocenters. The Kier molecular flexibility index (Phi) is 6.96. The highest BCUT2D eigenvalue weighted by Gasteiger charge is 2.35. The molecule has 1 N–H and O–H groups in total. The zero-order chi connectivity index (χ0) is 15.2. The Morgan fingerprint density at radius 2 is 1.90 bits per heavy atom. The van der Waals surface area contributed by atoms with Crippen molar-refractivity contribution >= 4 is 0 Å². The number of ether oxygens (including phenoxy) is 1. The first-order valence-corrected chi connectivity index (χ1v) is 8.35. The fourth-order valence-electron chi connectivity index (χ4n) is 3.25. The molecule has 0 bridgehead atoms. The van der Waals surface area contributed by atoms with Gasteiger partial charge < -0.3 is 15.0 Å². The van der Waals surface area contributed by atoms with Gasteiger partial charge in [-0.05, 0) is 53.5 Å². The third-order valence-corrected chi connectivity index (χ3v) is 4.55. The fraction of sp³-hybridized carbons (Fsp3) is 1.00. The summed E-state index contributed by atoms with van der Waals surface area (Å²) in [5.74, 6) is 0. The molecule has 0 aromatic carbocycles. The number of hydrogen-bond acceptors (Lipinski definition) is 3. The minimum atomic E-state index is 0.179. The first-order chi connectivity index (χ1) is 9.32. The lowest BCUT2D eigenvalue weighted by Gasteiger charge is -2.43. The van der Waals surface area contributed by atoms with E-state index in [1.807, 2.05) is 0 Å². The molecule has 1 heterocycles. The first-order valence-electron chi connectivity index (χ1n) is 8.35. The predicted octanol–water partition coefficient (Wildman–Crippen LogP) is 3.29. The molecule has 3 nitrogen and oxygen atoms in total. The van der Waals surface area contributed by atoms with Crippen molar-refractivity contribution in [2.24, 2.45) is 5.41 Å². The minimum absolute atomic E-state index is 0.179. The highest BCUT2D eigenvalue weighted by molar-refractivity contribution is 4.90. The van der Waals surface area contributed by atoms with Crippen molar-refractivity contribution in [3.63, 3.8) is 0 Å². The van der Waals surface area contributed by atoms with E-state index in [2.05, 4.69) is 51.9 Å². The van der Waals surface area contributed by atoms with Crippen molar-refractivity contribution in [2.75, 3.05) is 33.4 Å². The molecule has 0 spiro atoms. The van der Waals surface area contributed by atoms with Crippen molar-refractivity contribution in [1.29, 1.82) is 0 Å². The van der Waals surface area contributed by atoms with Crippen LogP contribution in [0, 0.1) is 5.41 Å². The maximum Gasteiger partial charge on any atom is 0.0546 e. The zero-order valence-corrected chi connectivity index (χ0v) is 14.6. The van der Waals surface area contributed by atoms with Crippen molar-refractivity contribution in [1.82, 2.24) is 10.2 Å². The Morgan fingerprint density at radius 3 is 2.35 bits per heavy atom. The lowest BCUT2D eigenvalue weighted by Crippen LogP contribution is -2.53. The van der Waals surface area contributed by atoms with Crippen LogP contribution in [0.2, 0.25) is 0 Å². The quantitative estimate of drug-likeness (QED) is 0.776. The molecular formula is C17H36N2O. The molecule has 1 fully saturated rings. The zero-order valence-electron chi connectivity index (χ0n) is 14.6. The second kappa shape index (κ2) is 7.77. The molecule has 0 aliphatic carbocycles. The Balaban J connectivity index is 2.67. The van der Waals surface area contributed by atoms with E-state index in [-0.39, 0.29) is 11.0 Å². The standard InChI is InChI=1S/C17H36N2O/c1-7-15(8-2)19(6)13-17(10-9-11-20-14-17)12-18-16(3,4)5/h15,18H,7-14H2,1-6H3. The van der Waals surface area contributed by atoms with E-state index >= 15 is 0 Å². The SMILES string of the molecule is CCC(CC)N(C)CC1(CNC(C)(C)C)CCCOC1. The van der Waals surface area contributed by atoms with Gasteiger partial charge in [-0.1, -0.05) is 13.8 Å². The van der Waals surface area contributed by atoms with E-state index in [0.717, 1.165) is 26.3 Å². The summed E-state index contributed by atoms with van der Waals surface area (Å²) in [5.41, 5.74) is 0.459. The summed E-state index contributed by atoms with van der Waals surface area (Å²) in [6, 6.07) is 0.698. The molecule has 0 aromatic rings. The molecule has 0 saturated carbocycles. The van der Waals surface area contributed by atoms with Crippen LogP contribution in [0.15, 0.2) is 0 Å². The van der Waals surface area contributed by atoms with Gasteiger partial charge in [-0.25, -0.2) is 0 Å². The fourth-order valence-corrected chi connectivity index (χ4v) is 3.25. The van der Waals surface area contributed by atoms with Gasteiger partial charge in [0.25, 0.3) is 0 Å². The molecule has 3 heteroatoms. The highest BCUT2D eigenvalue weighted by Crippen LogP contribution is 2.30. The van der Waals surface area contributed by atoms with E-state index in [1.54, 1.807) is 0 Å². The van der Waals surface area contributed by atoms with Crippen LogP contribution in [0.4, 0.5) is 0 Å². The Morgan fingerprint density at radius 1 is 1.25 bits per heavy atom. The van der Waals surface area contributed by atoms with Gasteiger partial charge >= 0.3 is 0 Å². The third-order valence-electron chi connectivity index (χ3n) is 4.55. The van der Waals surface area contributed by atoms with Crippen LogP contribution in [0.5, 0.6) is 0 Å². The van der Waals surface area contributed by atoms with Gasteiger partial charge in [0.1, 0.15) is 0 Å². The molecule has 1 atom stereocenters. The van der Waals surface area contributed by atoms with E-state index in [0.29, 0.717) is 6.04 Å². The molecule has 1 aliphatic heterocycles. The molecule has 0 radical (unpaired) electrons. The Bertz CT molecular complexity index is 263. The van der Waals surface area contributed by atoms with E-state index < -0.39 is 0 Å². The Hall–Kier alpha value is -0.120. The summed E-state index contributed by atoms with van der Waals surface area (Å²) in [5, 5.41) is 3.71. The second-order valence-corrected chi connectivity index (χ2v) is 7.65. The van der Waals surface area contributed by atoms with Crippen molar-refractivity contribution in [3.8, 4) is 0 Å². The predicted molar refractivity (Wildman–Crippen MR) is 87.2 cm³/mol. The van der Waals surface area contributed by atoms with Crippen LogP contribution in [0.25, 0.3) is 0 Å². The lowest BCUT2D eigenvalue weighted by atomic mass is 9.80. The smallest absolute Gasteiger partial charge is 0.0546 e.